The van der Waals surface area contributed by atoms with E-state index in [4.69, 9.17) is 0 Å². The van der Waals surface area contributed by atoms with Crippen LogP contribution < -0.4 is 27.4 Å². The first-order chi connectivity index (χ1) is 21.5. The van der Waals surface area contributed by atoms with Crippen molar-refractivity contribution in [2.75, 3.05) is 0 Å². The topological polar surface area (TPSA) is 211 Å². The lowest BCUT2D eigenvalue weighted by Gasteiger charge is -2.30. The van der Waals surface area contributed by atoms with Crippen molar-refractivity contribution in [3.8, 4) is 0 Å². The minimum atomic E-state index is -0.839. The Labute approximate surface area is 254 Å². The molecule has 2 fully saturated rings. The second kappa shape index (κ2) is 11.5. The van der Waals surface area contributed by atoms with E-state index >= 15 is 0 Å². The third kappa shape index (κ3) is 5.23. The van der Waals surface area contributed by atoms with Crippen LogP contribution in [0.1, 0.15) is 84.5 Å². The second-order valence-corrected chi connectivity index (χ2v) is 12.2. The maximum Gasteiger partial charge on any atom is 0.306 e. The Morgan fingerprint density at radius 2 is 1.42 bits per heavy atom. The van der Waals surface area contributed by atoms with Crippen LogP contribution in [0, 0.1) is 25.7 Å². The Morgan fingerprint density at radius 1 is 0.822 bits per heavy atom. The van der Waals surface area contributed by atoms with Gasteiger partial charge in [-0.25, -0.2) is 9.69 Å². The van der Waals surface area contributed by atoms with Crippen LogP contribution in [0.2, 0.25) is 0 Å². The maximum atomic E-state index is 13.4. The molecule has 14 heteroatoms. The highest BCUT2D eigenvalue weighted by molar-refractivity contribution is 5.96. The number of carbonyl (C=O) groups excluding carboxylic acids is 1. The molecule has 1 amide bonds. The van der Waals surface area contributed by atoms with Crippen molar-refractivity contribution >= 4 is 41.0 Å². The lowest BCUT2D eigenvalue weighted by molar-refractivity contribution is -0.144. The van der Waals surface area contributed by atoms with E-state index in [-0.39, 0.29) is 51.0 Å². The number of H-pyrrole nitrogens is 3. The first-order valence-corrected chi connectivity index (χ1v) is 15.1. The number of rotatable bonds is 6. The molecule has 1 aliphatic heterocycles. The summed E-state index contributed by atoms with van der Waals surface area (Å²) in [6, 6.07) is -0.450. The summed E-state index contributed by atoms with van der Waals surface area (Å²) in [7, 11) is 0. The minimum Gasteiger partial charge on any atom is -0.481 e. The largest absolute Gasteiger partial charge is 0.481 e. The number of hydrogen-bond donors (Lipinski definition) is 5. The van der Waals surface area contributed by atoms with Crippen LogP contribution in [0.15, 0.2) is 25.6 Å². The van der Waals surface area contributed by atoms with Gasteiger partial charge in [0.25, 0.3) is 22.6 Å². The summed E-state index contributed by atoms with van der Waals surface area (Å²) < 4.78 is 1.47. The van der Waals surface area contributed by atoms with Gasteiger partial charge in [-0.05, 0) is 88.5 Å². The molecular formula is C31H34N6O8. The van der Waals surface area contributed by atoms with Gasteiger partial charge in [0.2, 0.25) is 0 Å². The zero-order valence-corrected chi connectivity index (χ0v) is 24.9. The van der Waals surface area contributed by atoms with E-state index in [9.17, 15) is 39.0 Å². The molecule has 45 heavy (non-hydrogen) atoms. The van der Waals surface area contributed by atoms with Crippen molar-refractivity contribution in [1.82, 2.24) is 24.8 Å². The molecule has 2 aliphatic carbocycles. The van der Waals surface area contributed by atoms with Crippen molar-refractivity contribution in [3.63, 3.8) is 0 Å². The number of aliphatic carboxylic acids is 2. The number of aromatic nitrogens is 4. The Hall–Kier alpha value is -5.01. The molecule has 6 rings (SSSR count). The van der Waals surface area contributed by atoms with Gasteiger partial charge < -0.3 is 20.2 Å². The van der Waals surface area contributed by atoms with Crippen molar-refractivity contribution < 1.29 is 24.6 Å². The smallest absolute Gasteiger partial charge is 0.306 e. The van der Waals surface area contributed by atoms with Crippen LogP contribution in [0.5, 0.6) is 0 Å². The van der Waals surface area contributed by atoms with Gasteiger partial charge in [-0.2, -0.15) is 5.10 Å². The number of carboxylic acids is 2. The van der Waals surface area contributed by atoms with Crippen molar-refractivity contribution in [2.45, 2.75) is 77.3 Å². The summed E-state index contributed by atoms with van der Waals surface area (Å²) in [5, 5.41) is 27.8. The fourth-order valence-electron chi connectivity index (χ4n) is 7.00. The number of aryl methyl sites for hydroxylation is 1. The summed E-state index contributed by atoms with van der Waals surface area (Å²) in [4.78, 5) is 80.8. The van der Waals surface area contributed by atoms with Gasteiger partial charge in [-0.15, -0.1) is 0 Å². The van der Waals surface area contributed by atoms with Gasteiger partial charge in [0.1, 0.15) is 5.65 Å². The number of hydrogen-bond acceptors (Lipinski definition) is 7. The fraction of sp³-hybridized carbons (Fsp3) is 0.452. The van der Waals surface area contributed by atoms with Crippen molar-refractivity contribution in [1.29, 1.82) is 0 Å². The summed E-state index contributed by atoms with van der Waals surface area (Å²) in [6.45, 7) is 3.33. The van der Waals surface area contributed by atoms with Crippen LogP contribution in [-0.2, 0) is 9.59 Å². The third-order valence-corrected chi connectivity index (χ3v) is 9.63. The fourth-order valence-corrected chi connectivity index (χ4v) is 7.00. The molecular weight excluding hydrogens is 584 g/mol. The number of nitrogens with zero attached hydrogens (tertiary/aromatic N) is 3. The number of pyridine rings is 2. The predicted octanol–water partition coefficient (Wildman–Crippen LogP) is 1.27. The van der Waals surface area contributed by atoms with E-state index in [0.717, 1.165) is 0 Å². The average Bonchev–Trinajstić information content (AvgIpc) is 3.52. The molecule has 14 nitrogen and oxygen atoms in total. The van der Waals surface area contributed by atoms with E-state index in [1.807, 2.05) is 0 Å². The molecule has 4 heterocycles. The minimum absolute atomic E-state index is 0.168. The molecule has 3 aromatic rings. The monoisotopic (exact) mass is 618 g/mol. The number of nitrogens with one attached hydrogen (secondary N) is 3. The van der Waals surface area contributed by atoms with Gasteiger partial charge in [0, 0.05) is 10.8 Å². The standard InChI is InChI=1S/C31H34N6O8/c1-14-20(26(38)32-24-22(14)28(40)36(34-24)18-10-6-16(7-11-18)30(42)43)4-3-5-21-15(2)23-25(33-27(21)39)35-37(29(23)41)19-12-8-17(9-13-19)31(44)45/h3-5,16-19H,6-13H2,1-2H3,(H,42,43)(H,44,45)(H,32,34,38)(H2,33,35,39)/b5-3?,20-4-. The first-order valence-electron chi connectivity index (χ1n) is 15.1. The first kappa shape index (κ1) is 30.0. The van der Waals surface area contributed by atoms with Gasteiger partial charge in [0.05, 0.1) is 34.9 Å². The molecule has 0 saturated heterocycles. The third-order valence-electron chi connectivity index (χ3n) is 9.63. The van der Waals surface area contributed by atoms with Gasteiger partial charge in [-0.1, -0.05) is 6.08 Å². The number of carboxylic acid groups (broad SMARTS) is 2. The molecule has 0 radical (unpaired) electrons. The quantitative estimate of drug-likeness (QED) is 0.271. The van der Waals surface area contributed by atoms with Crippen molar-refractivity contribution in [2.24, 2.45) is 16.9 Å². The average molecular weight is 619 g/mol. The highest BCUT2D eigenvalue weighted by Gasteiger charge is 2.36. The number of allylic oxidation sites excluding steroid dienone is 1. The van der Waals surface area contributed by atoms with Crippen LogP contribution in [0.25, 0.3) is 23.2 Å². The molecule has 5 N–H and O–H groups in total. The van der Waals surface area contributed by atoms with Gasteiger partial charge >= 0.3 is 11.9 Å². The number of fused-ring (bicyclic) bond motifs is 2. The molecule has 2 saturated carbocycles. The SMILES string of the molecule is Cc1c2c([nH]c(=O)/c1=C\C=Cc1c(C)c3c(=O)n(C4CCC(C(=O)O)CC4)[nH]c3[nH]c1=O)=NN(C1CCC(C(=O)O)CC1)C2=O. The summed E-state index contributed by atoms with van der Waals surface area (Å²) in [5.41, 5.74) is 0.660. The molecule has 0 unspecified atom stereocenters. The summed E-state index contributed by atoms with van der Waals surface area (Å²) in [6.07, 6.45) is 8.42. The summed E-state index contributed by atoms with van der Waals surface area (Å²) >= 11 is 0. The number of amides is 1. The van der Waals surface area contributed by atoms with Crippen LogP contribution in [0.3, 0.4) is 0 Å². The van der Waals surface area contributed by atoms with E-state index in [2.05, 4.69) is 20.2 Å². The van der Waals surface area contributed by atoms with Crippen molar-refractivity contribution in [3.05, 3.63) is 70.1 Å². The predicted molar refractivity (Wildman–Crippen MR) is 162 cm³/mol. The van der Waals surface area contributed by atoms with Crippen LogP contribution in [0.4, 0.5) is 0 Å². The van der Waals surface area contributed by atoms with Gasteiger partial charge in [-0.3, -0.25) is 33.9 Å². The van der Waals surface area contributed by atoms with E-state index < -0.39 is 34.9 Å². The Balaban J connectivity index is 1.27. The lowest BCUT2D eigenvalue weighted by Crippen LogP contribution is -2.39. The van der Waals surface area contributed by atoms with Gasteiger partial charge in [0.15, 0.2) is 5.49 Å². The number of aromatic amines is 3. The number of carbonyl (C=O) groups is 3. The molecule has 3 aliphatic rings. The molecule has 0 bridgehead atoms. The Bertz CT molecular complexity index is 2070. The lowest BCUT2D eigenvalue weighted by atomic mass is 9.86. The van der Waals surface area contributed by atoms with Crippen LogP contribution >= 0.6 is 0 Å². The van der Waals surface area contributed by atoms with E-state index in [1.54, 1.807) is 13.8 Å². The highest BCUT2D eigenvalue weighted by Crippen LogP contribution is 2.32. The Kier molecular flexibility index (Phi) is 7.67. The summed E-state index contributed by atoms with van der Waals surface area (Å²) in [5.74, 6) is -2.88. The molecule has 0 aromatic carbocycles. The molecule has 236 valence electrons. The van der Waals surface area contributed by atoms with E-state index in [1.165, 1.54) is 27.9 Å². The normalized spacial score (nSPS) is 23.9. The molecule has 0 atom stereocenters. The zero-order chi connectivity index (χ0) is 32.2. The van der Waals surface area contributed by atoms with Crippen LogP contribution in [-0.4, -0.2) is 58.9 Å². The molecule has 0 spiro atoms. The second-order valence-electron chi connectivity index (χ2n) is 12.2. The van der Waals surface area contributed by atoms with E-state index in [0.29, 0.717) is 67.9 Å². The zero-order valence-electron chi connectivity index (χ0n) is 24.9. The Morgan fingerprint density at radius 3 is 2.02 bits per heavy atom. The highest BCUT2D eigenvalue weighted by atomic mass is 16.4. The maximum absolute atomic E-state index is 13.4. The molecule has 3 aromatic heterocycles.